The average molecular weight is 479 g/mol. The fraction of sp³-hybridized carbons (Fsp3) is 0.407. The van der Waals surface area contributed by atoms with E-state index in [0.29, 0.717) is 54.3 Å². The van der Waals surface area contributed by atoms with Gasteiger partial charge in [0.05, 0.1) is 44.4 Å². The number of hydrogen-bond donors (Lipinski definition) is 0. The number of amides is 1. The average Bonchev–Trinajstić information content (AvgIpc) is 3.19. The normalized spacial score (nSPS) is 18.2. The number of rotatable bonds is 7. The highest BCUT2D eigenvalue weighted by molar-refractivity contribution is 5.99. The van der Waals surface area contributed by atoms with Crippen molar-refractivity contribution in [3.8, 4) is 11.5 Å². The van der Waals surface area contributed by atoms with Crippen molar-refractivity contribution in [3.63, 3.8) is 0 Å². The molecule has 35 heavy (non-hydrogen) atoms. The van der Waals surface area contributed by atoms with Crippen LogP contribution in [0.2, 0.25) is 0 Å². The zero-order valence-electron chi connectivity index (χ0n) is 20.3. The molecule has 1 saturated heterocycles. The first kappa shape index (κ1) is 23.4. The summed E-state index contributed by atoms with van der Waals surface area (Å²) in [4.78, 5) is 31.5. The molecule has 0 aliphatic carbocycles. The molecule has 3 heterocycles. The van der Waals surface area contributed by atoms with Crippen molar-refractivity contribution >= 4 is 16.9 Å². The van der Waals surface area contributed by atoms with Crippen molar-refractivity contribution in [2.24, 2.45) is 0 Å². The molecule has 8 heteroatoms. The molecule has 1 amide bonds. The molecule has 8 nitrogen and oxygen atoms in total. The molecular weight excluding hydrogens is 448 g/mol. The summed E-state index contributed by atoms with van der Waals surface area (Å²) in [5.41, 5.74) is 2.46. The third-order valence-corrected chi connectivity index (χ3v) is 6.92. The van der Waals surface area contributed by atoms with Crippen LogP contribution in [0.4, 0.5) is 0 Å². The summed E-state index contributed by atoms with van der Waals surface area (Å²) in [6, 6.07) is 10.5. The number of carbonyl (C=O) groups is 1. The number of ether oxygens (including phenoxy) is 3. The summed E-state index contributed by atoms with van der Waals surface area (Å²) in [6.07, 6.45) is 0.802. The molecule has 2 aliphatic rings. The second-order valence-electron chi connectivity index (χ2n) is 8.83. The van der Waals surface area contributed by atoms with E-state index in [-0.39, 0.29) is 17.1 Å². The van der Waals surface area contributed by atoms with Gasteiger partial charge in [-0.05, 0) is 41.8 Å². The molecule has 1 atom stereocenters. The van der Waals surface area contributed by atoms with E-state index < -0.39 is 6.04 Å². The third-order valence-electron chi connectivity index (χ3n) is 6.92. The first-order valence-electron chi connectivity index (χ1n) is 12.0. The van der Waals surface area contributed by atoms with Crippen LogP contribution in [0.25, 0.3) is 11.0 Å². The van der Waals surface area contributed by atoms with Gasteiger partial charge in [0.1, 0.15) is 5.58 Å². The van der Waals surface area contributed by atoms with E-state index in [4.69, 9.17) is 18.6 Å². The van der Waals surface area contributed by atoms with Crippen molar-refractivity contribution in [1.29, 1.82) is 0 Å². The Hall–Kier alpha value is -3.36. The Kier molecular flexibility index (Phi) is 6.49. The minimum Gasteiger partial charge on any atom is -0.493 e. The number of nitrogens with zero attached hydrogens (tertiary/aromatic N) is 2. The molecule has 1 unspecified atom stereocenters. The topological polar surface area (TPSA) is 81.5 Å². The van der Waals surface area contributed by atoms with Crippen molar-refractivity contribution in [3.05, 3.63) is 69.1 Å². The van der Waals surface area contributed by atoms with Gasteiger partial charge in [-0.25, -0.2) is 0 Å². The lowest BCUT2D eigenvalue weighted by atomic mass is 9.97. The van der Waals surface area contributed by atoms with Crippen LogP contribution < -0.4 is 14.9 Å². The van der Waals surface area contributed by atoms with Gasteiger partial charge in [0.2, 0.25) is 5.76 Å². The van der Waals surface area contributed by atoms with E-state index in [1.54, 1.807) is 31.3 Å². The van der Waals surface area contributed by atoms with Gasteiger partial charge >= 0.3 is 0 Å². The summed E-state index contributed by atoms with van der Waals surface area (Å²) in [5, 5.41) is 0.497. The molecule has 2 aromatic carbocycles. The van der Waals surface area contributed by atoms with Crippen LogP contribution in [0.3, 0.4) is 0 Å². The van der Waals surface area contributed by atoms with Gasteiger partial charge in [-0.2, -0.15) is 0 Å². The maximum Gasteiger partial charge on any atom is 0.290 e. The lowest BCUT2D eigenvalue weighted by Crippen LogP contribution is -2.42. The SMILES string of the molecule is CCc1ccc2oc3c(c(=O)c2c1)C(c1ccc(OC)c(OC)c1)N(CCN1CCOCC1)C3=O. The van der Waals surface area contributed by atoms with Crippen LogP contribution in [-0.4, -0.2) is 69.3 Å². The van der Waals surface area contributed by atoms with Crippen molar-refractivity contribution in [2.75, 3.05) is 53.6 Å². The number of hydrogen-bond acceptors (Lipinski definition) is 7. The van der Waals surface area contributed by atoms with Crippen LogP contribution in [-0.2, 0) is 11.2 Å². The Balaban J connectivity index is 1.63. The predicted octanol–water partition coefficient (Wildman–Crippen LogP) is 3.25. The largest absolute Gasteiger partial charge is 0.493 e. The van der Waals surface area contributed by atoms with Crippen molar-refractivity contribution in [1.82, 2.24) is 9.80 Å². The fourth-order valence-corrected chi connectivity index (χ4v) is 4.96. The Labute approximate surface area is 204 Å². The van der Waals surface area contributed by atoms with Crippen molar-refractivity contribution in [2.45, 2.75) is 19.4 Å². The first-order chi connectivity index (χ1) is 17.0. The van der Waals surface area contributed by atoms with Gasteiger partial charge in [0.15, 0.2) is 16.9 Å². The van der Waals surface area contributed by atoms with E-state index in [9.17, 15) is 9.59 Å². The van der Waals surface area contributed by atoms with Gasteiger partial charge < -0.3 is 23.5 Å². The molecule has 0 bridgehead atoms. The summed E-state index contributed by atoms with van der Waals surface area (Å²) < 4.78 is 22.5. The Morgan fingerprint density at radius 1 is 0.971 bits per heavy atom. The highest BCUT2D eigenvalue weighted by atomic mass is 16.5. The number of methoxy groups -OCH3 is 2. The number of fused-ring (bicyclic) bond motifs is 2. The maximum atomic E-state index is 13.8. The van der Waals surface area contributed by atoms with E-state index in [1.165, 1.54) is 0 Å². The molecule has 1 aromatic heterocycles. The Bertz CT molecular complexity index is 1310. The summed E-state index contributed by atoms with van der Waals surface area (Å²) in [7, 11) is 3.15. The Morgan fingerprint density at radius 2 is 1.74 bits per heavy atom. The highest BCUT2D eigenvalue weighted by Crippen LogP contribution is 2.40. The van der Waals surface area contributed by atoms with Crippen LogP contribution >= 0.6 is 0 Å². The number of aryl methyl sites for hydroxylation is 1. The molecule has 0 saturated carbocycles. The monoisotopic (exact) mass is 478 g/mol. The number of morpholine rings is 1. The Morgan fingerprint density at radius 3 is 2.46 bits per heavy atom. The number of carbonyl (C=O) groups excluding carboxylic acids is 1. The standard InChI is InChI=1S/C27H30N2O6/c1-4-17-5-7-20-19(15-17)25(30)23-24(18-6-8-21(32-2)22(16-18)33-3)29(27(31)26(23)35-20)10-9-28-11-13-34-14-12-28/h5-8,15-16,24H,4,9-14H2,1-3H3. The zero-order valence-corrected chi connectivity index (χ0v) is 20.3. The molecule has 5 rings (SSSR count). The minimum atomic E-state index is -0.579. The molecular formula is C27H30N2O6. The number of benzene rings is 2. The minimum absolute atomic E-state index is 0.119. The van der Waals surface area contributed by atoms with Crippen LogP contribution in [0.1, 0.15) is 40.2 Å². The van der Waals surface area contributed by atoms with E-state index >= 15 is 0 Å². The molecule has 3 aromatic rings. The van der Waals surface area contributed by atoms with E-state index in [0.717, 1.165) is 30.6 Å². The van der Waals surface area contributed by atoms with Crippen LogP contribution in [0.5, 0.6) is 11.5 Å². The molecule has 184 valence electrons. The zero-order chi connectivity index (χ0) is 24.5. The van der Waals surface area contributed by atoms with Crippen molar-refractivity contribution < 1.29 is 23.4 Å². The summed E-state index contributed by atoms with van der Waals surface area (Å²) in [6.45, 7) is 6.17. The lowest BCUT2D eigenvalue weighted by molar-refractivity contribution is 0.0314. The van der Waals surface area contributed by atoms with Crippen LogP contribution in [0.15, 0.2) is 45.6 Å². The molecule has 0 N–H and O–H groups in total. The smallest absolute Gasteiger partial charge is 0.290 e. The second-order valence-corrected chi connectivity index (χ2v) is 8.83. The van der Waals surface area contributed by atoms with E-state index in [1.807, 2.05) is 31.2 Å². The van der Waals surface area contributed by atoms with Gasteiger partial charge in [0.25, 0.3) is 5.91 Å². The maximum absolute atomic E-state index is 13.8. The van der Waals surface area contributed by atoms with E-state index in [2.05, 4.69) is 4.90 Å². The third kappa shape index (κ3) is 4.17. The summed E-state index contributed by atoms with van der Waals surface area (Å²) in [5.74, 6) is 0.969. The quantitative estimate of drug-likeness (QED) is 0.516. The molecule has 0 spiro atoms. The molecule has 2 aliphatic heterocycles. The van der Waals surface area contributed by atoms with Gasteiger partial charge in [0, 0.05) is 26.2 Å². The lowest BCUT2D eigenvalue weighted by Gasteiger charge is -2.31. The highest BCUT2D eigenvalue weighted by Gasteiger charge is 2.43. The van der Waals surface area contributed by atoms with Crippen LogP contribution in [0, 0.1) is 0 Å². The second kappa shape index (κ2) is 9.71. The summed E-state index contributed by atoms with van der Waals surface area (Å²) >= 11 is 0. The van der Waals surface area contributed by atoms with Gasteiger partial charge in [-0.1, -0.05) is 19.1 Å². The fourth-order valence-electron chi connectivity index (χ4n) is 4.96. The predicted molar refractivity (Wildman–Crippen MR) is 132 cm³/mol. The molecule has 1 fully saturated rings. The van der Waals surface area contributed by atoms with Gasteiger partial charge in [-0.3, -0.25) is 14.5 Å². The van der Waals surface area contributed by atoms with Gasteiger partial charge in [-0.15, -0.1) is 0 Å². The first-order valence-corrected chi connectivity index (χ1v) is 12.0. The molecule has 0 radical (unpaired) electrons.